The van der Waals surface area contributed by atoms with Crippen LogP contribution < -0.4 is 9.64 Å². The van der Waals surface area contributed by atoms with Crippen LogP contribution in [0, 0.1) is 35.5 Å². The number of benzene rings is 3. The number of allylic oxidation sites excluding steroid dienone is 2. The minimum absolute atomic E-state index is 0.0255. The van der Waals surface area contributed by atoms with Crippen molar-refractivity contribution in [3.05, 3.63) is 78.9 Å². The normalized spacial score (nSPS) is 32.3. The molecule has 3 aromatic rings. The molecule has 1 saturated heterocycles. The standard InChI is InChI=1S/C27H21NO3/c29-26-24-19-12-13-20(22-14-21(19)22)25(24)27(30)28(26)16-8-10-17(11-9-16)31-23-7-3-5-15-4-1-2-6-18(15)23/h1-13,19-22,24-25H,14H2/t19-,20+,21-,22-,24+,25-/m1/s1. The number of rotatable bonds is 3. The third kappa shape index (κ3) is 2.36. The van der Waals surface area contributed by atoms with Crippen molar-refractivity contribution in [2.75, 3.05) is 4.90 Å². The van der Waals surface area contributed by atoms with Crippen LogP contribution in [0.15, 0.2) is 78.9 Å². The van der Waals surface area contributed by atoms with Gasteiger partial charge in [-0.3, -0.25) is 14.5 Å². The molecule has 0 radical (unpaired) electrons. The number of hydrogen-bond donors (Lipinski definition) is 0. The molecule has 3 fully saturated rings. The van der Waals surface area contributed by atoms with Gasteiger partial charge in [0.05, 0.1) is 17.5 Å². The topological polar surface area (TPSA) is 46.6 Å². The fourth-order valence-electron chi connectivity index (χ4n) is 6.29. The molecule has 1 heterocycles. The molecule has 0 aromatic heterocycles. The molecular weight excluding hydrogens is 386 g/mol. The summed E-state index contributed by atoms with van der Waals surface area (Å²) in [4.78, 5) is 28.0. The lowest BCUT2D eigenvalue weighted by atomic mass is 9.63. The molecule has 2 bridgehead atoms. The number of carbonyl (C=O) groups excluding carboxylic acids is 2. The molecule has 4 aliphatic carbocycles. The average molecular weight is 407 g/mol. The SMILES string of the molecule is O=C1[C@@H]2[C@H]3C=C[C@H]([C@H]4C[C@H]34)[C@@H]2C(=O)N1c1ccc(Oc2cccc3ccccc23)cc1. The Morgan fingerprint density at radius 1 is 0.742 bits per heavy atom. The maximum atomic E-state index is 13.3. The zero-order valence-electron chi connectivity index (χ0n) is 16.8. The molecule has 2 saturated carbocycles. The highest BCUT2D eigenvalue weighted by Crippen LogP contribution is 2.65. The quantitative estimate of drug-likeness (QED) is 0.443. The summed E-state index contributed by atoms with van der Waals surface area (Å²) in [6, 6.07) is 21.4. The summed E-state index contributed by atoms with van der Waals surface area (Å²) in [5.41, 5.74) is 0.641. The van der Waals surface area contributed by atoms with Gasteiger partial charge in [0.25, 0.3) is 0 Å². The largest absolute Gasteiger partial charge is 0.457 e. The van der Waals surface area contributed by atoms with Crippen molar-refractivity contribution >= 4 is 28.3 Å². The van der Waals surface area contributed by atoms with E-state index in [4.69, 9.17) is 4.74 Å². The van der Waals surface area contributed by atoms with E-state index in [9.17, 15) is 9.59 Å². The van der Waals surface area contributed by atoms with Crippen molar-refractivity contribution in [2.24, 2.45) is 35.5 Å². The van der Waals surface area contributed by atoms with E-state index < -0.39 is 0 Å². The molecule has 5 aliphatic rings. The van der Waals surface area contributed by atoms with Crippen LogP contribution in [-0.2, 0) is 9.59 Å². The second kappa shape index (κ2) is 6.07. The van der Waals surface area contributed by atoms with Crippen LogP contribution in [0.2, 0.25) is 0 Å². The Balaban J connectivity index is 1.17. The lowest BCUT2D eigenvalue weighted by molar-refractivity contribution is -0.124. The minimum atomic E-state index is -0.169. The Bertz CT molecular complexity index is 1240. The van der Waals surface area contributed by atoms with Crippen molar-refractivity contribution < 1.29 is 14.3 Å². The Morgan fingerprint density at radius 2 is 1.39 bits per heavy atom. The minimum Gasteiger partial charge on any atom is -0.457 e. The van der Waals surface area contributed by atoms with Gasteiger partial charge in [-0.25, -0.2) is 0 Å². The van der Waals surface area contributed by atoms with E-state index in [2.05, 4.69) is 24.3 Å². The second-order valence-electron chi connectivity index (χ2n) is 9.24. The number of imide groups is 1. The van der Waals surface area contributed by atoms with E-state index in [0.717, 1.165) is 16.5 Å². The van der Waals surface area contributed by atoms with Crippen LogP contribution in [0.25, 0.3) is 10.8 Å². The van der Waals surface area contributed by atoms with Crippen molar-refractivity contribution in [1.82, 2.24) is 0 Å². The Kier molecular flexibility index (Phi) is 3.39. The summed E-state index contributed by atoms with van der Waals surface area (Å²) in [5, 5.41) is 2.17. The summed E-state index contributed by atoms with van der Waals surface area (Å²) in [6.07, 6.45) is 5.59. The number of hydrogen-bond acceptors (Lipinski definition) is 3. The van der Waals surface area contributed by atoms with E-state index in [1.54, 1.807) is 0 Å². The first-order valence-electron chi connectivity index (χ1n) is 11.0. The number of nitrogens with zero attached hydrogens (tertiary/aromatic N) is 1. The highest BCUT2D eigenvalue weighted by Gasteiger charge is 2.67. The summed E-state index contributed by atoms with van der Waals surface area (Å²) in [7, 11) is 0. The molecular formula is C27H21NO3. The first kappa shape index (κ1) is 17.3. The van der Waals surface area contributed by atoms with Crippen molar-refractivity contribution in [3.63, 3.8) is 0 Å². The number of amides is 2. The fourth-order valence-corrected chi connectivity index (χ4v) is 6.29. The van der Waals surface area contributed by atoms with Crippen LogP contribution in [0.4, 0.5) is 5.69 Å². The molecule has 0 unspecified atom stereocenters. The summed E-state index contributed by atoms with van der Waals surface area (Å²) in [6.45, 7) is 0. The number of fused-ring (bicyclic) bond motifs is 1. The molecule has 2 amide bonds. The highest BCUT2D eigenvalue weighted by atomic mass is 16.5. The van der Waals surface area contributed by atoms with E-state index in [-0.39, 0.29) is 35.5 Å². The molecule has 0 N–H and O–H groups in total. The molecule has 31 heavy (non-hydrogen) atoms. The second-order valence-corrected chi connectivity index (χ2v) is 9.24. The van der Waals surface area contributed by atoms with Gasteiger partial charge in [0.2, 0.25) is 11.8 Å². The first-order chi connectivity index (χ1) is 15.2. The molecule has 1 aliphatic heterocycles. The van der Waals surface area contributed by atoms with Gasteiger partial charge in [-0.05, 0) is 65.8 Å². The van der Waals surface area contributed by atoms with Crippen molar-refractivity contribution in [3.8, 4) is 11.5 Å². The molecule has 3 aromatic carbocycles. The van der Waals surface area contributed by atoms with E-state index in [0.29, 0.717) is 23.3 Å². The summed E-state index contributed by atoms with van der Waals surface area (Å²) < 4.78 is 6.12. The predicted octanol–water partition coefficient (Wildman–Crippen LogP) is 5.19. The number of ether oxygens (including phenoxy) is 1. The lowest BCUT2D eigenvalue weighted by Gasteiger charge is -2.37. The van der Waals surface area contributed by atoms with Gasteiger partial charge in [0, 0.05) is 5.39 Å². The predicted molar refractivity (Wildman–Crippen MR) is 118 cm³/mol. The lowest BCUT2D eigenvalue weighted by Crippen LogP contribution is -2.40. The van der Waals surface area contributed by atoms with Gasteiger partial charge in [-0.2, -0.15) is 0 Å². The summed E-state index contributed by atoms with van der Waals surface area (Å²) in [5.74, 6) is 2.80. The Morgan fingerprint density at radius 3 is 2.10 bits per heavy atom. The number of anilines is 1. The van der Waals surface area contributed by atoms with Gasteiger partial charge in [-0.1, -0.05) is 48.6 Å². The fraction of sp³-hybridized carbons (Fsp3) is 0.259. The highest BCUT2D eigenvalue weighted by molar-refractivity contribution is 6.22. The maximum Gasteiger partial charge on any atom is 0.238 e. The molecule has 8 rings (SSSR count). The van der Waals surface area contributed by atoms with E-state index in [1.165, 1.54) is 11.3 Å². The number of carbonyl (C=O) groups is 2. The van der Waals surface area contributed by atoms with Gasteiger partial charge in [-0.15, -0.1) is 0 Å². The van der Waals surface area contributed by atoms with Crippen LogP contribution in [0.3, 0.4) is 0 Å². The van der Waals surface area contributed by atoms with Gasteiger partial charge < -0.3 is 4.74 Å². The van der Waals surface area contributed by atoms with Crippen molar-refractivity contribution in [1.29, 1.82) is 0 Å². The summed E-state index contributed by atoms with van der Waals surface area (Å²) >= 11 is 0. The molecule has 4 nitrogen and oxygen atoms in total. The van der Waals surface area contributed by atoms with Crippen LogP contribution >= 0.6 is 0 Å². The van der Waals surface area contributed by atoms with Crippen molar-refractivity contribution in [2.45, 2.75) is 6.42 Å². The molecule has 6 atom stereocenters. The Hall–Kier alpha value is -3.40. The Labute approximate surface area is 180 Å². The van der Waals surface area contributed by atoms with Crippen LogP contribution in [0.1, 0.15) is 6.42 Å². The maximum absolute atomic E-state index is 13.3. The van der Waals surface area contributed by atoms with Crippen LogP contribution in [-0.4, -0.2) is 11.8 Å². The van der Waals surface area contributed by atoms with Crippen LogP contribution in [0.5, 0.6) is 11.5 Å². The zero-order valence-corrected chi connectivity index (χ0v) is 16.8. The third-order valence-electron chi connectivity index (χ3n) is 7.74. The third-order valence-corrected chi connectivity index (χ3v) is 7.74. The molecule has 152 valence electrons. The van der Waals surface area contributed by atoms with Gasteiger partial charge in [0.1, 0.15) is 11.5 Å². The van der Waals surface area contributed by atoms with Gasteiger partial charge >= 0.3 is 0 Å². The molecule has 4 heteroatoms. The van der Waals surface area contributed by atoms with E-state index >= 15 is 0 Å². The monoisotopic (exact) mass is 407 g/mol. The smallest absolute Gasteiger partial charge is 0.238 e. The average Bonchev–Trinajstić information content (AvgIpc) is 3.58. The molecule has 0 spiro atoms. The zero-order chi connectivity index (χ0) is 20.7. The van der Waals surface area contributed by atoms with Gasteiger partial charge in [0.15, 0.2) is 0 Å². The first-order valence-corrected chi connectivity index (χ1v) is 11.0. The van der Waals surface area contributed by atoms with E-state index in [1.807, 2.05) is 54.6 Å².